The van der Waals surface area contributed by atoms with E-state index in [9.17, 15) is 9.18 Å². The molecule has 1 amide bonds. The van der Waals surface area contributed by atoms with Gasteiger partial charge in [-0.2, -0.15) is 0 Å². The minimum absolute atomic E-state index is 0.0283. The van der Waals surface area contributed by atoms with Crippen LogP contribution in [0.5, 0.6) is 0 Å². The van der Waals surface area contributed by atoms with Gasteiger partial charge >= 0.3 is 0 Å². The zero-order valence-electron chi connectivity index (χ0n) is 17.4. The number of carbonyl (C=O) groups is 1. The Morgan fingerprint density at radius 2 is 1.81 bits per heavy atom. The molecule has 0 bridgehead atoms. The molecule has 1 atom stereocenters. The van der Waals surface area contributed by atoms with Gasteiger partial charge in [0.05, 0.1) is 33.7 Å². The predicted octanol–water partition coefficient (Wildman–Crippen LogP) is 4.59. The highest BCUT2D eigenvalue weighted by molar-refractivity contribution is 6.42. The van der Waals surface area contributed by atoms with E-state index in [2.05, 4.69) is 10.2 Å². The fourth-order valence-electron chi connectivity index (χ4n) is 4.43. The van der Waals surface area contributed by atoms with Gasteiger partial charge in [0.1, 0.15) is 5.82 Å². The van der Waals surface area contributed by atoms with E-state index in [1.165, 1.54) is 12.1 Å². The number of nitrogens with zero attached hydrogens (tertiary/aromatic N) is 3. The Morgan fingerprint density at radius 1 is 1.09 bits per heavy atom. The van der Waals surface area contributed by atoms with E-state index in [1.807, 2.05) is 4.57 Å². The molecule has 1 aromatic heterocycles. The molecule has 3 aromatic rings. The molecule has 2 saturated heterocycles. The number of aromatic nitrogens is 2. The van der Waals surface area contributed by atoms with Gasteiger partial charge in [-0.1, -0.05) is 23.2 Å². The predicted molar refractivity (Wildman–Crippen MR) is 123 cm³/mol. The summed E-state index contributed by atoms with van der Waals surface area (Å²) in [6, 6.07) is 9.92. The quantitative estimate of drug-likeness (QED) is 0.597. The van der Waals surface area contributed by atoms with Crippen LogP contribution in [0.2, 0.25) is 10.0 Å². The number of hydrogen-bond acceptors (Lipinski definition) is 4. The molecule has 2 aliphatic heterocycles. The topological polar surface area (TPSA) is 59.4 Å². The van der Waals surface area contributed by atoms with Crippen molar-refractivity contribution in [3.8, 4) is 5.69 Å². The number of piperidine rings is 1. The lowest BCUT2D eigenvalue weighted by molar-refractivity contribution is -0.126. The van der Waals surface area contributed by atoms with Crippen LogP contribution in [0.15, 0.2) is 36.4 Å². The summed E-state index contributed by atoms with van der Waals surface area (Å²) >= 11 is 12.5. The van der Waals surface area contributed by atoms with Crippen molar-refractivity contribution in [1.29, 1.82) is 0 Å². The van der Waals surface area contributed by atoms with E-state index in [0.29, 0.717) is 41.9 Å². The number of anilines is 1. The largest absolute Gasteiger partial charge is 0.379 e. The summed E-state index contributed by atoms with van der Waals surface area (Å²) in [5.41, 5.74) is 2.28. The van der Waals surface area contributed by atoms with E-state index in [-0.39, 0.29) is 23.7 Å². The maximum absolute atomic E-state index is 13.6. The van der Waals surface area contributed by atoms with Crippen LogP contribution in [-0.4, -0.2) is 47.8 Å². The molecule has 0 radical (unpaired) electrons. The smallest absolute Gasteiger partial charge is 0.223 e. The second kappa shape index (κ2) is 8.89. The third-order valence-electron chi connectivity index (χ3n) is 6.19. The van der Waals surface area contributed by atoms with Crippen LogP contribution in [0.25, 0.3) is 16.7 Å². The molecule has 1 N–H and O–H groups in total. The number of ether oxygens (including phenoxy) is 1. The molecular formula is C23H23Cl2FN4O2. The molecule has 32 heavy (non-hydrogen) atoms. The molecule has 168 valence electrons. The summed E-state index contributed by atoms with van der Waals surface area (Å²) in [5, 5.41) is 3.97. The zero-order chi connectivity index (χ0) is 22.2. The minimum Gasteiger partial charge on any atom is -0.379 e. The Labute approximate surface area is 195 Å². The maximum atomic E-state index is 13.6. The molecule has 2 fully saturated rings. The zero-order valence-corrected chi connectivity index (χ0v) is 18.9. The van der Waals surface area contributed by atoms with Crippen molar-refractivity contribution in [3.63, 3.8) is 0 Å². The number of rotatable bonds is 4. The molecule has 2 aromatic carbocycles. The van der Waals surface area contributed by atoms with E-state index >= 15 is 0 Å². The number of benzene rings is 2. The second-order valence-corrected chi connectivity index (χ2v) is 9.12. The van der Waals surface area contributed by atoms with Gasteiger partial charge in [-0.25, -0.2) is 9.37 Å². The normalized spacial score (nSPS) is 19.6. The van der Waals surface area contributed by atoms with Crippen LogP contribution in [0.4, 0.5) is 10.3 Å². The fraction of sp³-hybridized carbons (Fsp3) is 0.391. The standard InChI is InChI=1S/C23H23Cl2FN4O2/c24-18-11-20-21(12-19(18)25)30(17-3-1-15(26)2-4-17)23(28-20)29-8-5-14(6-9-29)22(31)27-16-7-10-32-13-16/h1-4,11-12,14,16H,5-10,13H2,(H,27,31). The number of carbonyl (C=O) groups excluding carboxylic acids is 1. The first kappa shape index (κ1) is 21.5. The molecular weight excluding hydrogens is 454 g/mol. The summed E-state index contributed by atoms with van der Waals surface area (Å²) in [5.74, 6) is 0.499. The number of imidazole rings is 1. The number of hydrogen-bond donors (Lipinski definition) is 1. The van der Waals surface area contributed by atoms with Crippen LogP contribution < -0.4 is 10.2 Å². The van der Waals surface area contributed by atoms with Crippen LogP contribution >= 0.6 is 23.2 Å². The SMILES string of the molecule is O=C(NC1CCOC1)C1CCN(c2nc3cc(Cl)c(Cl)cc3n2-c2ccc(F)cc2)CC1. The summed E-state index contributed by atoms with van der Waals surface area (Å²) in [7, 11) is 0. The molecule has 2 aliphatic rings. The number of fused-ring (bicyclic) bond motifs is 1. The molecule has 9 heteroatoms. The van der Waals surface area contributed by atoms with Crippen molar-refractivity contribution in [2.45, 2.75) is 25.3 Å². The van der Waals surface area contributed by atoms with Crippen molar-refractivity contribution < 1.29 is 13.9 Å². The highest BCUT2D eigenvalue weighted by Crippen LogP contribution is 2.34. The van der Waals surface area contributed by atoms with Gasteiger partial charge in [0.15, 0.2) is 0 Å². The number of halogens is 3. The Kier molecular flexibility index (Phi) is 5.97. The monoisotopic (exact) mass is 476 g/mol. The van der Waals surface area contributed by atoms with Crippen LogP contribution in [0, 0.1) is 11.7 Å². The van der Waals surface area contributed by atoms with E-state index < -0.39 is 0 Å². The summed E-state index contributed by atoms with van der Waals surface area (Å²) in [6.07, 6.45) is 2.33. The first-order valence-electron chi connectivity index (χ1n) is 10.8. The van der Waals surface area contributed by atoms with Gasteiger partial charge in [-0.3, -0.25) is 9.36 Å². The Bertz CT molecular complexity index is 1140. The fourth-order valence-corrected chi connectivity index (χ4v) is 4.74. The van der Waals surface area contributed by atoms with Crippen LogP contribution in [0.3, 0.4) is 0 Å². The summed E-state index contributed by atoms with van der Waals surface area (Å²) in [6.45, 7) is 2.67. The number of amides is 1. The van der Waals surface area contributed by atoms with Crippen molar-refractivity contribution in [3.05, 3.63) is 52.3 Å². The van der Waals surface area contributed by atoms with Crippen molar-refractivity contribution in [2.24, 2.45) is 5.92 Å². The van der Waals surface area contributed by atoms with Gasteiger partial charge in [-0.15, -0.1) is 0 Å². The molecule has 0 spiro atoms. The van der Waals surface area contributed by atoms with Gasteiger partial charge in [-0.05, 0) is 55.7 Å². The number of nitrogens with one attached hydrogen (secondary N) is 1. The average molecular weight is 477 g/mol. The van der Waals surface area contributed by atoms with Gasteiger partial charge in [0, 0.05) is 31.3 Å². The van der Waals surface area contributed by atoms with E-state index in [1.54, 1.807) is 24.3 Å². The van der Waals surface area contributed by atoms with Gasteiger partial charge in [0.25, 0.3) is 0 Å². The second-order valence-electron chi connectivity index (χ2n) is 8.31. The summed E-state index contributed by atoms with van der Waals surface area (Å²) in [4.78, 5) is 19.6. The molecule has 0 aliphatic carbocycles. The minimum atomic E-state index is -0.305. The highest BCUT2D eigenvalue weighted by Gasteiger charge is 2.30. The third-order valence-corrected chi connectivity index (χ3v) is 6.91. The van der Waals surface area contributed by atoms with Gasteiger partial charge in [0.2, 0.25) is 11.9 Å². The van der Waals surface area contributed by atoms with E-state index in [4.69, 9.17) is 32.9 Å². The third kappa shape index (κ3) is 4.17. The van der Waals surface area contributed by atoms with Crippen molar-refractivity contribution >= 4 is 46.1 Å². The van der Waals surface area contributed by atoms with Gasteiger partial charge < -0.3 is 15.0 Å². The molecule has 5 rings (SSSR count). The van der Waals surface area contributed by atoms with Crippen LogP contribution in [-0.2, 0) is 9.53 Å². The maximum Gasteiger partial charge on any atom is 0.223 e. The van der Waals surface area contributed by atoms with Crippen molar-refractivity contribution in [2.75, 3.05) is 31.2 Å². The Balaban J connectivity index is 1.42. The molecule has 0 saturated carbocycles. The first-order valence-corrected chi connectivity index (χ1v) is 11.5. The highest BCUT2D eigenvalue weighted by atomic mass is 35.5. The average Bonchev–Trinajstić information content (AvgIpc) is 3.43. The molecule has 3 heterocycles. The molecule has 6 nitrogen and oxygen atoms in total. The van der Waals surface area contributed by atoms with Crippen molar-refractivity contribution in [1.82, 2.24) is 14.9 Å². The Morgan fingerprint density at radius 3 is 2.50 bits per heavy atom. The Hall–Kier alpha value is -2.35. The molecule has 1 unspecified atom stereocenters. The first-order chi connectivity index (χ1) is 15.5. The van der Waals surface area contributed by atoms with E-state index in [0.717, 1.165) is 36.4 Å². The summed E-state index contributed by atoms with van der Waals surface area (Å²) < 4.78 is 20.9. The van der Waals surface area contributed by atoms with Crippen LogP contribution in [0.1, 0.15) is 19.3 Å². The lowest BCUT2D eigenvalue weighted by Gasteiger charge is -2.32. The lowest BCUT2D eigenvalue weighted by atomic mass is 9.95. The lowest BCUT2D eigenvalue weighted by Crippen LogP contribution is -2.44.